The maximum atomic E-state index is 8.55. The summed E-state index contributed by atoms with van der Waals surface area (Å²) in [5, 5.41) is 0. The molecule has 0 aliphatic heterocycles. The summed E-state index contributed by atoms with van der Waals surface area (Å²) in [6.45, 7) is 0. The van der Waals surface area contributed by atoms with Gasteiger partial charge in [0.25, 0.3) is 0 Å². The normalized spacial score (nSPS) is 7.38. The summed E-state index contributed by atoms with van der Waals surface area (Å²) in [6, 6.07) is 0. The Morgan fingerprint density at radius 2 is 0.500 bits per heavy atom. The van der Waals surface area contributed by atoms with Crippen molar-refractivity contribution in [2.75, 3.05) is 0 Å². The van der Waals surface area contributed by atoms with Crippen molar-refractivity contribution < 1.29 is 54.9 Å². The van der Waals surface area contributed by atoms with Crippen molar-refractivity contribution in [3.05, 3.63) is 0 Å². The molecular formula is H6Mg3O11P2. The molecule has 0 aromatic heterocycles. The van der Waals surface area contributed by atoms with Crippen molar-refractivity contribution in [3.8, 4) is 0 Å². The van der Waals surface area contributed by atoms with Gasteiger partial charge in [0.1, 0.15) is 0 Å². The van der Waals surface area contributed by atoms with E-state index in [1.165, 1.54) is 0 Å². The van der Waals surface area contributed by atoms with Crippen LogP contribution < -0.4 is 29.4 Å². The summed E-state index contributed by atoms with van der Waals surface area (Å²) in [5.41, 5.74) is 0. The van der Waals surface area contributed by atoms with Gasteiger partial charge in [0.15, 0.2) is 0 Å². The van der Waals surface area contributed by atoms with Gasteiger partial charge in [-0.2, -0.15) is 15.6 Å². The fourth-order valence-electron chi connectivity index (χ4n) is 0. The van der Waals surface area contributed by atoms with Gasteiger partial charge in [0, 0.05) is 0 Å². The molecule has 16 heteroatoms. The maximum absolute atomic E-state index is 8.55. The Kier molecular flexibility index (Phi) is 72.6. The van der Waals surface area contributed by atoms with Crippen molar-refractivity contribution in [1.29, 1.82) is 0 Å². The molecule has 88 valence electrons. The minimum absolute atomic E-state index is 0. The molecule has 0 amide bonds. The van der Waals surface area contributed by atoms with Gasteiger partial charge in [-0.05, 0) is 0 Å². The number of phosphoric acid groups is 2. The van der Waals surface area contributed by atoms with Crippen LogP contribution in [0.4, 0.5) is 0 Å². The zero-order chi connectivity index (χ0) is 9.00. The molecule has 0 fully saturated rings. The first-order valence-electron chi connectivity index (χ1n) is 1.46. The topological polar surface area (TPSA) is 267 Å². The molecule has 0 spiro atoms. The summed E-state index contributed by atoms with van der Waals surface area (Å²) >= 11 is 0. The van der Waals surface area contributed by atoms with Gasteiger partial charge in [-0.3, -0.25) is 0 Å². The van der Waals surface area contributed by atoms with Crippen molar-refractivity contribution in [2.45, 2.75) is 0 Å². The van der Waals surface area contributed by atoms with Gasteiger partial charge < -0.3 is 54.9 Å². The van der Waals surface area contributed by atoms with Crippen molar-refractivity contribution >= 4 is 84.8 Å². The fourth-order valence-corrected chi connectivity index (χ4v) is 0. The molecule has 0 aliphatic carbocycles. The molecule has 0 bridgehead atoms. The van der Waals surface area contributed by atoms with E-state index in [2.05, 4.69) is 0 Å². The molecule has 11 nitrogen and oxygen atoms in total. The molecule has 0 saturated heterocycles. The second kappa shape index (κ2) is 22.6. The molecule has 6 N–H and O–H groups in total. The van der Waals surface area contributed by atoms with Gasteiger partial charge in [0.2, 0.25) is 0 Å². The first-order chi connectivity index (χ1) is 4.00. The minimum Gasteiger partial charge on any atom is -0.822 e. The van der Waals surface area contributed by atoms with E-state index in [-0.39, 0.29) is 85.6 Å². The molecule has 0 atom stereocenters. The third kappa shape index (κ3) is 676. The van der Waals surface area contributed by atoms with Crippen LogP contribution >= 0.6 is 15.6 Å². The largest absolute Gasteiger partial charge is 2.00 e. The maximum Gasteiger partial charge on any atom is 2.00 e. The molecule has 0 radical (unpaired) electrons. The predicted molar refractivity (Wildman–Crippen MR) is 43.3 cm³/mol. The Labute approximate surface area is 138 Å². The third-order valence-electron chi connectivity index (χ3n) is 0. The summed E-state index contributed by atoms with van der Waals surface area (Å²) in [7, 11) is -10.8. The van der Waals surface area contributed by atoms with E-state index in [0.717, 1.165) is 0 Å². The summed E-state index contributed by atoms with van der Waals surface area (Å²) in [6.07, 6.45) is 0. The summed E-state index contributed by atoms with van der Waals surface area (Å²) in [5.74, 6) is 0. The van der Waals surface area contributed by atoms with Gasteiger partial charge in [0.05, 0.1) is 0 Å². The number of hydrogen-bond acceptors (Lipinski definition) is 8. The second-order valence-electron chi connectivity index (χ2n) is 0.894. The molecule has 16 heavy (non-hydrogen) atoms. The Hall–Kier alpha value is 2.40. The zero-order valence-electron chi connectivity index (χ0n) is 7.78. The van der Waals surface area contributed by atoms with E-state index < -0.39 is 15.6 Å². The van der Waals surface area contributed by atoms with Crippen molar-refractivity contribution in [1.82, 2.24) is 0 Å². The molecule has 0 heterocycles. The Morgan fingerprint density at radius 1 is 0.500 bits per heavy atom. The smallest absolute Gasteiger partial charge is 0.822 e. The van der Waals surface area contributed by atoms with E-state index in [4.69, 9.17) is 38.5 Å². The molecule has 0 aromatic carbocycles. The Balaban J connectivity index is -0.00000000970. The van der Waals surface area contributed by atoms with Crippen LogP contribution in [0.5, 0.6) is 0 Å². The van der Waals surface area contributed by atoms with Crippen molar-refractivity contribution in [3.63, 3.8) is 0 Å². The van der Waals surface area contributed by atoms with Crippen molar-refractivity contribution in [2.24, 2.45) is 0 Å². The van der Waals surface area contributed by atoms with Crippen LogP contribution in [-0.4, -0.2) is 85.6 Å². The predicted octanol–water partition coefficient (Wildman–Crippen LogP) is -9.27. The monoisotopic (exact) mass is 316 g/mol. The average Bonchev–Trinajstić information content (AvgIpc) is 1.12. The average molecular weight is 317 g/mol. The van der Waals surface area contributed by atoms with Crippen LogP contribution in [0.2, 0.25) is 0 Å². The molecule has 0 aliphatic rings. The van der Waals surface area contributed by atoms with Gasteiger partial charge in [-0.1, -0.05) is 0 Å². The summed E-state index contributed by atoms with van der Waals surface area (Å²) in [4.78, 5) is 51.3. The quantitative estimate of drug-likeness (QED) is 0.304. The molecule has 0 saturated carbocycles. The van der Waals surface area contributed by atoms with Gasteiger partial charge >= 0.3 is 69.2 Å². The number of rotatable bonds is 0. The first-order valence-corrected chi connectivity index (χ1v) is 4.38. The Bertz CT molecular complexity index is 132. The van der Waals surface area contributed by atoms with E-state index in [1.807, 2.05) is 0 Å². The molecular weight excluding hydrogens is 311 g/mol. The second-order valence-corrected chi connectivity index (χ2v) is 2.68. The van der Waals surface area contributed by atoms with Crippen LogP contribution in [0, 0.1) is 0 Å². The van der Waals surface area contributed by atoms with E-state index >= 15 is 0 Å². The van der Waals surface area contributed by atoms with Crippen LogP contribution in [-0.2, 0) is 9.13 Å². The minimum atomic E-state index is -5.39. The molecule has 0 rings (SSSR count). The van der Waals surface area contributed by atoms with E-state index in [0.29, 0.717) is 0 Å². The van der Waals surface area contributed by atoms with Crippen LogP contribution in [0.25, 0.3) is 0 Å². The SMILES string of the molecule is O.O.O.O=P([O-])([O-])[O-].O=P([O-])([O-])[O-].[Mg+2].[Mg+2].[Mg+2]. The molecule has 0 aromatic rings. The number of hydrogen-bond donors (Lipinski definition) is 0. The van der Waals surface area contributed by atoms with Gasteiger partial charge in [-0.25, -0.2) is 0 Å². The third-order valence-corrected chi connectivity index (χ3v) is 0. The van der Waals surface area contributed by atoms with Crippen LogP contribution in [0.3, 0.4) is 0 Å². The van der Waals surface area contributed by atoms with Crippen LogP contribution in [0.1, 0.15) is 0 Å². The first kappa shape index (κ1) is 51.5. The van der Waals surface area contributed by atoms with Gasteiger partial charge in [-0.15, -0.1) is 0 Å². The fraction of sp³-hybridized carbons (Fsp3) is 0. The van der Waals surface area contributed by atoms with Crippen LogP contribution in [0.15, 0.2) is 0 Å². The summed E-state index contributed by atoms with van der Waals surface area (Å²) < 4.78 is 17.1. The van der Waals surface area contributed by atoms with E-state index in [9.17, 15) is 0 Å². The standard InChI is InChI=1S/3Mg.2H3O4P.3H2O/c;;;2*1-5(2,3)4;;;/h;;;2*(H3,1,2,3,4);3*1H2/q3*+2;;;;;/p-6. The van der Waals surface area contributed by atoms with E-state index in [1.54, 1.807) is 0 Å². The zero-order valence-corrected chi connectivity index (χ0v) is 13.8. The molecule has 0 unspecified atom stereocenters. The Morgan fingerprint density at radius 3 is 0.500 bits per heavy atom.